The smallest absolute Gasteiger partial charge is 0.246 e. The van der Waals surface area contributed by atoms with Crippen LogP contribution in [0.1, 0.15) is 16.3 Å². The predicted molar refractivity (Wildman–Crippen MR) is 90.2 cm³/mol. The van der Waals surface area contributed by atoms with E-state index in [2.05, 4.69) is 4.98 Å². The molecule has 0 fully saturated rings. The fraction of sp³-hybridized carbons (Fsp3) is 0.294. The van der Waals surface area contributed by atoms with Crippen LogP contribution in [-0.4, -0.2) is 36.0 Å². The summed E-state index contributed by atoms with van der Waals surface area (Å²) in [5.41, 5.74) is 1.91. The number of hydrogen-bond donors (Lipinski definition) is 0. The highest BCUT2D eigenvalue weighted by Crippen LogP contribution is 2.15. The first-order valence-electron chi connectivity index (χ1n) is 7.10. The molecule has 116 valence electrons. The zero-order valence-corrected chi connectivity index (χ0v) is 13.9. The molecule has 0 aliphatic heterocycles. The highest BCUT2D eigenvalue weighted by molar-refractivity contribution is 7.09. The number of carbonyl (C=O) groups is 1. The van der Waals surface area contributed by atoms with Gasteiger partial charge in [-0.05, 0) is 31.6 Å². The fourth-order valence-electron chi connectivity index (χ4n) is 1.86. The normalized spacial score (nSPS) is 10.9. The molecule has 1 aromatic heterocycles. The van der Waals surface area contributed by atoms with Crippen molar-refractivity contribution in [3.05, 3.63) is 52.0 Å². The average Bonchev–Trinajstić information content (AvgIpc) is 2.92. The summed E-state index contributed by atoms with van der Waals surface area (Å²) in [6, 6.07) is 7.85. The van der Waals surface area contributed by atoms with Crippen molar-refractivity contribution in [2.24, 2.45) is 0 Å². The Morgan fingerprint density at radius 3 is 2.82 bits per heavy atom. The summed E-state index contributed by atoms with van der Waals surface area (Å²) in [5, 5.41) is 2.92. The Hall–Kier alpha value is -2.14. The average molecular weight is 316 g/mol. The van der Waals surface area contributed by atoms with Crippen molar-refractivity contribution in [3.63, 3.8) is 0 Å². The minimum Gasteiger partial charge on any atom is -0.491 e. The van der Waals surface area contributed by atoms with Crippen LogP contribution in [0.25, 0.3) is 6.08 Å². The van der Waals surface area contributed by atoms with Crippen LogP contribution in [-0.2, 0) is 4.79 Å². The van der Waals surface area contributed by atoms with Crippen molar-refractivity contribution < 1.29 is 9.53 Å². The summed E-state index contributed by atoms with van der Waals surface area (Å²) in [7, 11) is 1.76. The molecular formula is C17H20N2O2S. The number of thiazole rings is 1. The van der Waals surface area contributed by atoms with Gasteiger partial charge in [-0.25, -0.2) is 4.98 Å². The molecule has 0 N–H and O–H groups in total. The molecule has 4 nitrogen and oxygen atoms in total. The van der Waals surface area contributed by atoms with Crippen molar-refractivity contribution in [3.8, 4) is 5.75 Å². The summed E-state index contributed by atoms with van der Waals surface area (Å²) in [6.45, 7) is 4.95. The standard InChI is InChI=1S/C17H20N2O2S/c1-13-6-4-5-7-16(13)21-11-10-19(3)17(20)9-8-15-12-22-14(2)18-15/h4-9,12H,10-11H2,1-3H3/b9-8+. The molecule has 0 radical (unpaired) electrons. The van der Waals surface area contributed by atoms with Gasteiger partial charge in [0, 0.05) is 18.5 Å². The highest BCUT2D eigenvalue weighted by Gasteiger charge is 2.06. The minimum atomic E-state index is -0.0564. The Labute approximate surface area is 135 Å². The Bertz CT molecular complexity index is 664. The molecule has 5 heteroatoms. The first-order chi connectivity index (χ1) is 10.6. The second-order valence-electron chi connectivity index (χ2n) is 5.00. The third-order valence-corrected chi connectivity index (χ3v) is 3.98. The van der Waals surface area contributed by atoms with Crippen LogP contribution in [0.3, 0.4) is 0 Å². The molecule has 1 aromatic carbocycles. The second kappa shape index (κ2) is 7.75. The molecule has 0 spiro atoms. The molecular weight excluding hydrogens is 296 g/mol. The third kappa shape index (κ3) is 4.70. The zero-order chi connectivity index (χ0) is 15.9. The van der Waals surface area contributed by atoms with E-state index in [0.29, 0.717) is 13.2 Å². The van der Waals surface area contributed by atoms with E-state index < -0.39 is 0 Å². The lowest BCUT2D eigenvalue weighted by Gasteiger charge is -2.16. The predicted octanol–water partition coefficient (Wildman–Crippen LogP) is 3.31. The minimum absolute atomic E-state index is 0.0564. The van der Waals surface area contributed by atoms with Crippen LogP contribution >= 0.6 is 11.3 Å². The Balaban J connectivity index is 1.79. The number of aromatic nitrogens is 1. The molecule has 0 unspecified atom stereocenters. The molecule has 0 aliphatic carbocycles. The molecule has 0 bridgehead atoms. The third-order valence-electron chi connectivity index (χ3n) is 3.19. The van der Waals surface area contributed by atoms with Gasteiger partial charge in [-0.3, -0.25) is 4.79 Å². The summed E-state index contributed by atoms with van der Waals surface area (Å²) >= 11 is 1.57. The van der Waals surface area contributed by atoms with Gasteiger partial charge in [0.25, 0.3) is 0 Å². The van der Waals surface area contributed by atoms with E-state index in [1.54, 1.807) is 35.4 Å². The number of para-hydroxylation sites is 1. The Kier molecular flexibility index (Phi) is 5.72. The van der Waals surface area contributed by atoms with Gasteiger partial charge in [0.05, 0.1) is 17.2 Å². The molecule has 0 atom stereocenters. The van der Waals surface area contributed by atoms with Crippen LogP contribution in [0.15, 0.2) is 35.7 Å². The van der Waals surface area contributed by atoms with Crippen molar-refractivity contribution in [2.75, 3.05) is 20.2 Å². The van der Waals surface area contributed by atoms with E-state index in [9.17, 15) is 4.79 Å². The molecule has 0 saturated carbocycles. The van der Waals surface area contributed by atoms with E-state index in [0.717, 1.165) is 22.0 Å². The lowest BCUT2D eigenvalue weighted by atomic mass is 10.2. The van der Waals surface area contributed by atoms with Gasteiger partial charge >= 0.3 is 0 Å². The van der Waals surface area contributed by atoms with Gasteiger partial charge < -0.3 is 9.64 Å². The number of rotatable bonds is 6. The maximum Gasteiger partial charge on any atom is 0.246 e. The summed E-state index contributed by atoms with van der Waals surface area (Å²) in [6.07, 6.45) is 3.28. The quantitative estimate of drug-likeness (QED) is 0.768. The van der Waals surface area contributed by atoms with Crippen molar-refractivity contribution in [1.29, 1.82) is 0 Å². The van der Waals surface area contributed by atoms with Gasteiger partial charge in [-0.1, -0.05) is 18.2 Å². The maximum atomic E-state index is 12.0. The highest BCUT2D eigenvalue weighted by atomic mass is 32.1. The van der Waals surface area contributed by atoms with Gasteiger partial charge in [0.2, 0.25) is 5.91 Å². The summed E-state index contributed by atoms with van der Waals surface area (Å²) in [4.78, 5) is 17.9. The van der Waals surface area contributed by atoms with Gasteiger partial charge in [0.1, 0.15) is 12.4 Å². The largest absolute Gasteiger partial charge is 0.491 e. The number of amides is 1. The molecule has 0 saturated heterocycles. The van der Waals surface area contributed by atoms with Crippen molar-refractivity contribution >= 4 is 23.3 Å². The number of benzene rings is 1. The monoisotopic (exact) mass is 316 g/mol. The Morgan fingerprint density at radius 2 is 2.14 bits per heavy atom. The zero-order valence-electron chi connectivity index (χ0n) is 13.1. The number of nitrogens with zero attached hydrogens (tertiary/aromatic N) is 2. The Morgan fingerprint density at radius 1 is 1.36 bits per heavy atom. The number of aryl methyl sites for hydroxylation is 2. The molecule has 1 heterocycles. The van der Waals surface area contributed by atoms with E-state index in [-0.39, 0.29) is 5.91 Å². The van der Waals surface area contributed by atoms with Crippen LogP contribution in [0.5, 0.6) is 5.75 Å². The number of likely N-dealkylation sites (N-methyl/N-ethyl adjacent to an activating group) is 1. The maximum absolute atomic E-state index is 12.0. The summed E-state index contributed by atoms with van der Waals surface area (Å²) in [5.74, 6) is 0.802. The number of hydrogen-bond acceptors (Lipinski definition) is 4. The van der Waals surface area contributed by atoms with Crippen molar-refractivity contribution in [1.82, 2.24) is 9.88 Å². The van der Waals surface area contributed by atoms with Gasteiger partial charge in [0.15, 0.2) is 0 Å². The molecule has 22 heavy (non-hydrogen) atoms. The summed E-state index contributed by atoms with van der Waals surface area (Å²) < 4.78 is 5.70. The second-order valence-corrected chi connectivity index (χ2v) is 6.06. The van der Waals surface area contributed by atoms with Crippen LogP contribution < -0.4 is 4.74 Å². The van der Waals surface area contributed by atoms with E-state index in [1.807, 2.05) is 43.5 Å². The van der Waals surface area contributed by atoms with E-state index in [1.165, 1.54) is 0 Å². The number of carbonyl (C=O) groups excluding carboxylic acids is 1. The molecule has 1 amide bonds. The number of ether oxygens (including phenoxy) is 1. The first kappa shape index (κ1) is 16.2. The molecule has 2 aromatic rings. The fourth-order valence-corrected chi connectivity index (χ4v) is 2.44. The lowest BCUT2D eigenvalue weighted by Crippen LogP contribution is -2.29. The van der Waals surface area contributed by atoms with Crippen LogP contribution in [0, 0.1) is 13.8 Å². The first-order valence-corrected chi connectivity index (χ1v) is 7.98. The molecule has 2 rings (SSSR count). The molecule has 0 aliphatic rings. The van der Waals surface area contributed by atoms with Crippen molar-refractivity contribution in [2.45, 2.75) is 13.8 Å². The van der Waals surface area contributed by atoms with E-state index >= 15 is 0 Å². The lowest BCUT2D eigenvalue weighted by molar-refractivity contribution is -0.125. The van der Waals surface area contributed by atoms with Gasteiger partial charge in [-0.2, -0.15) is 0 Å². The van der Waals surface area contributed by atoms with Crippen LogP contribution in [0.4, 0.5) is 0 Å². The van der Waals surface area contributed by atoms with Crippen LogP contribution in [0.2, 0.25) is 0 Å². The van der Waals surface area contributed by atoms with Gasteiger partial charge in [-0.15, -0.1) is 11.3 Å². The SMILES string of the molecule is Cc1nc(/C=C/C(=O)N(C)CCOc2ccccc2C)cs1. The van der Waals surface area contributed by atoms with E-state index in [4.69, 9.17) is 4.74 Å². The topological polar surface area (TPSA) is 42.4 Å².